The van der Waals surface area contributed by atoms with Gasteiger partial charge in [-0.2, -0.15) is 0 Å². The fourth-order valence-electron chi connectivity index (χ4n) is 4.50. The smallest absolute Gasteiger partial charge is 0.246 e. The van der Waals surface area contributed by atoms with Gasteiger partial charge in [0.25, 0.3) is 0 Å². The predicted octanol–water partition coefficient (Wildman–Crippen LogP) is 3.38. The molecule has 0 saturated carbocycles. The van der Waals surface area contributed by atoms with Gasteiger partial charge in [-0.15, -0.1) is 0 Å². The molecule has 3 atom stereocenters. The summed E-state index contributed by atoms with van der Waals surface area (Å²) in [5, 5.41) is 5.92. The van der Waals surface area contributed by atoms with Crippen molar-refractivity contribution in [3.8, 4) is 0 Å². The standard InChI is InChI=1S/C28H46N4O3/c1-7-8-16-24(33)31(19-17-22-13-10-9-11-14-22)20-23-15-12-18-32(23)27(35)25(28(3,4)5)30-26(34)21(2)29-6/h9-11,13-14,21,23,25,29H,7-8,12,15-20H2,1-6H3,(H,30,34)/t21-,23-,25+/m0/s1. The van der Waals surface area contributed by atoms with E-state index in [0.29, 0.717) is 26.1 Å². The molecule has 1 aromatic rings. The molecule has 1 saturated heterocycles. The molecule has 1 fully saturated rings. The van der Waals surface area contributed by atoms with E-state index in [1.54, 1.807) is 14.0 Å². The summed E-state index contributed by atoms with van der Waals surface area (Å²) in [6, 6.07) is 9.17. The number of benzene rings is 1. The minimum Gasteiger partial charge on any atom is -0.342 e. The molecule has 2 rings (SSSR count). The van der Waals surface area contributed by atoms with E-state index in [0.717, 1.165) is 32.1 Å². The Labute approximate surface area is 212 Å². The fraction of sp³-hybridized carbons (Fsp3) is 0.679. The Balaban J connectivity index is 2.16. The molecule has 0 aliphatic carbocycles. The molecule has 0 radical (unpaired) electrons. The highest BCUT2D eigenvalue weighted by atomic mass is 16.2. The first-order chi connectivity index (χ1) is 16.6. The van der Waals surface area contributed by atoms with Crippen molar-refractivity contribution in [3.05, 3.63) is 35.9 Å². The maximum absolute atomic E-state index is 13.7. The molecule has 1 aromatic carbocycles. The number of amides is 3. The van der Waals surface area contributed by atoms with E-state index in [-0.39, 0.29) is 29.8 Å². The molecule has 0 bridgehead atoms. The van der Waals surface area contributed by atoms with Crippen molar-refractivity contribution in [2.45, 2.75) is 91.3 Å². The van der Waals surface area contributed by atoms with E-state index in [1.165, 1.54) is 5.56 Å². The lowest BCUT2D eigenvalue weighted by Gasteiger charge is -2.37. The number of likely N-dealkylation sites (N-methyl/N-ethyl adjacent to an activating group) is 1. The first-order valence-electron chi connectivity index (χ1n) is 13.2. The van der Waals surface area contributed by atoms with Gasteiger partial charge in [0, 0.05) is 32.1 Å². The number of nitrogens with one attached hydrogen (secondary N) is 2. The topological polar surface area (TPSA) is 81.8 Å². The number of carbonyl (C=O) groups is 3. The largest absolute Gasteiger partial charge is 0.342 e. The number of nitrogens with zero attached hydrogens (tertiary/aromatic N) is 2. The molecule has 196 valence electrons. The van der Waals surface area contributed by atoms with Crippen LogP contribution in [0.25, 0.3) is 0 Å². The monoisotopic (exact) mass is 486 g/mol. The zero-order valence-corrected chi connectivity index (χ0v) is 22.6. The summed E-state index contributed by atoms with van der Waals surface area (Å²) in [6.07, 6.45) is 4.95. The second-order valence-corrected chi connectivity index (χ2v) is 10.8. The number of hydrogen-bond acceptors (Lipinski definition) is 4. The maximum Gasteiger partial charge on any atom is 0.246 e. The van der Waals surface area contributed by atoms with Crippen molar-refractivity contribution in [2.24, 2.45) is 5.41 Å². The minimum atomic E-state index is -0.625. The lowest BCUT2D eigenvalue weighted by molar-refractivity contribution is -0.142. The van der Waals surface area contributed by atoms with Crippen molar-refractivity contribution >= 4 is 17.7 Å². The van der Waals surface area contributed by atoms with Crippen LogP contribution in [-0.4, -0.2) is 72.3 Å². The lowest BCUT2D eigenvalue weighted by Crippen LogP contribution is -2.59. The number of unbranched alkanes of at least 4 members (excludes halogenated alkanes) is 1. The van der Waals surface area contributed by atoms with E-state index >= 15 is 0 Å². The zero-order chi connectivity index (χ0) is 26.0. The van der Waals surface area contributed by atoms with Crippen LogP contribution in [0.4, 0.5) is 0 Å². The minimum absolute atomic E-state index is 0.0349. The lowest BCUT2D eigenvalue weighted by atomic mass is 9.85. The number of rotatable bonds is 12. The van der Waals surface area contributed by atoms with Crippen molar-refractivity contribution < 1.29 is 14.4 Å². The third kappa shape index (κ3) is 8.64. The summed E-state index contributed by atoms with van der Waals surface area (Å²) in [5.41, 5.74) is 0.770. The molecule has 2 N–H and O–H groups in total. The normalized spacial score (nSPS) is 17.7. The highest BCUT2D eigenvalue weighted by Crippen LogP contribution is 2.26. The third-order valence-electron chi connectivity index (χ3n) is 6.93. The van der Waals surface area contributed by atoms with Gasteiger partial charge >= 0.3 is 0 Å². The number of likely N-dealkylation sites (tertiary alicyclic amines) is 1. The summed E-state index contributed by atoms with van der Waals surface area (Å²) in [4.78, 5) is 43.3. The highest BCUT2D eigenvalue weighted by Gasteiger charge is 2.40. The second-order valence-electron chi connectivity index (χ2n) is 10.8. The Hall–Kier alpha value is -2.41. The molecular weight excluding hydrogens is 440 g/mol. The zero-order valence-electron chi connectivity index (χ0n) is 22.6. The van der Waals surface area contributed by atoms with Crippen molar-refractivity contribution in [1.82, 2.24) is 20.4 Å². The van der Waals surface area contributed by atoms with E-state index in [4.69, 9.17) is 0 Å². The van der Waals surface area contributed by atoms with Crippen LogP contribution in [0.3, 0.4) is 0 Å². The molecule has 0 unspecified atom stereocenters. The van der Waals surface area contributed by atoms with Crippen LogP contribution in [-0.2, 0) is 20.8 Å². The average Bonchev–Trinajstić information content (AvgIpc) is 3.30. The summed E-state index contributed by atoms with van der Waals surface area (Å²) >= 11 is 0. The van der Waals surface area contributed by atoms with E-state index < -0.39 is 11.5 Å². The third-order valence-corrected chi connectivity index (χ3v) is 6.93. The number of hydrogen-bond donors (Lipinski definition) is 2. The summed E-state index contributed by atoms with van der Waals surface area (Å²) < 4.78 is 0. The Morgan fingerprint density at radius 2 is 1.86 bits per heavy atom. The van der Waals surface area contributed by atoms with Gasteiger partial charge in [-0.1, -0.05) is 64.4 Å². The molecule has 7 nitrogen and oxygen atoms in total. The maximum atomic E-state index is 13.7. The molecule has 35 heavy (non-hydrogen) atoms. The molecule has 0 aromatic heterocycles. The van der Waals surface area contributed by atoms with Gasteiger partial charge in [-0.25, -0.2) is 0 Å². The van der Waals surface area contributed by atoms with Gasteiger partial charge in [-0.3, -0.25) is 14.4 Å². The molecule has 3 amide bonds. The summed E-state index contributed by atoms with van der Waals surface area (Å²) in [6.45, 7) is 11.6. The first kappa shape index (κ1) is 28.8. The van der Waals surface area contributed by atoms with Crippen LogP contribution in [0.2, 0.25) is 0 Å². The molecule has 1 aliphatic rings. The van der Waals surface area contributed by atoms with Gasteiger partial charge in [0.05, 0.1) is 6.04 Å². The quantitative estimate of drug-likeness (QED) is 0.475. The second kappa shape index (κ2) is 13.6. The van der Waals surface area contributed by atoms with E-state index in [1.807, 2.05) is 48.8 Å². The van der Waals surface area contributed by atoms with Gasteiger partial charge in [-0.05, 0) is 50.6 Å². The van der Waals surface area contributed by atoms with E-state index in [2.05, 4.69) is 29.7 Å². The van der Waals surface area contributed by atoms with E-state index in [9.17, 15) is 14.4 Å². The Morgan fingerprint density at radius 3 is 2.46 bits per heavy atom. The van der Waals surface area contributed by atoms with Crippen molar-refractivity contribution in [1.29, 1.82) is 0 Å². The van der Waals surface area contributed by atoms with Crippen LogP contribution < -0.4 is 10.6 Å². The molecule has 0 spiro atoms. The average molecular weight is 487 g/mol. The SMILES string of the molecule is CCCCC(=O)N(CCc1ccccc1)C[C@@H]1CCCN1C(=O)[C@@H](NC(=O)[C@H](C)NC)C(C)(C)C. The fourth-order valence-corrected chi connectivity index (χ4v) is 4.50. The molecular formula is C28H46N4O3. The van der Waals surface area contributed by atoms with Gasteiger partial charge in [0.1, 0.15) is 6.04 Å². The molecule has 1 aliphatic heterocycles. The first-order valence-corrected chi connectivity index (χ1v) is 13.2. The summed E-state index contributed by atoms with van der Waals surface area (Å²) in [7, 11) is 1.73. The van der Waals surface area contributed by atoms with Crippen molar-refractivity contribution in [3.63, 3.8) is 0 Å². The Kier molecular flexibility index (Phi) is 11.2. The Morgan fingerprint density at radius 1 is 1.17 bits per heavy atom. The number of carbonyl (C=O) groups excluding carboxylic acids is 3. The predicted molar refractivity (Wildman–Crippen MR) is 141 cm³/mol. The molecule has 1 heterocycles. The van der Waals surface area contributed by atoms with Gasteiger partial charge in [0.15, 0.2) is 0 Å². The van der Waals surface area contributed by atoms with Crippen molar-refractivity contribution in [2.75, 3.05) is 26.7 Å². The van der Waals surface area contributed by atoms with Crippen LogP contribution in [0.5, 0.6) is 0 Å². The van der Waals surface area contributed by atoms with Gasteiger partial charge < -0.3 is 20.4 Å². The van der Waals surface area contributed by atoms with Gasteiger partial charge in [0.2, 0.25) is 17.7 Å². The highest BCUT2D eigenvalue weighted by molar-refractivity contribution is 5.90. The van der Waals surface area contributed by atoms with Crippen LogP contribution in [0.15, 0.2) is 30.3 Å². The molecule has 7 heteroatoms. The van der Waals surface area contributed by atoms with Crippen LogP contribution in [0.1, 0.15) is 72.3 Å². The summed E-state index contributed by atoms with van der Waals surface area (Å²) in [5.74, 6) is -0.0815. The van der Waals surface area contributed by atoms with Crippen LogP contribution >= 0.6 is 0 Å². The van der Waals surface area contributed by atoms with Crippen LogP contribution in [0, 0.1) is 5.41 Å². The Bertz CT molecular complexity index is 821.